The Kier molecular flexibility index (Phi) is 4.75. The van der Waals surface area contributed by atoms with Gasteiger partial charge < -0.3 is 20.5 Å². The number of hydrogen-bond donors (Lipinski definition) is 4. The molecule has 1 unspecified atom stereocenters. The third kappa shape index (κ3) is 3.23. The van der Waals surface area contributed by atoms with E-state index in [4.69, 9.17) is 5.10 Å². The second-order valence-corrected chi connectivity index (χ2v) is 12.2. The second kappa shape index (κ2) is 7.40. The molecule has 0 amide bonds. The van der Waals surface area contributed by atoms with Crippen molar-refractivity contribution < 1.29 is 18.6 Å². The molecule has 6 rings (SSSR count). The lowest BCUT2D eigenvalue weighted by molar-refractivity contribution is -0.0255. The molecule has 3 heterocycles. The highest BCUT2D eigenvalue weighted by atomic mass is 32.2. The Morgan fingerprint density at radius 1 is 1.18 bits per heavy atom. The summed E-state index contributed by atoms with van der Waals surface area (Å²) >= 11 is 0. The van der Waals surface area contributed by atoms with E-state index in [1.807, 2.05) is 10.7 Å². The first-order valence-corrected chi connectivity index (χ1v) is 13.5. The molecule has 9 nitrogen and oxygen atoms in total. The summed E-state index contributed by atoms with van der Waals surface area (Å²) < 4.78 is 27.0. The van der Waals surface area contributed by atoms with Gasteiger partial charge in [-0.1, -0.05) is 19.3 Å². The number of pyridine rings is 1. The summed E-state index contributed by atoms with van der Waals surface area (Å²) in [5, 5.41) is 29.1. The molecule has 34 heavy (non-hydrogen) atoms. The second-order valence-electron chi connectivity index (χ2n) is 10.1. The van der Waals surface area contributed by atoms with Crippen LogP contribution in [0.3, 0.4) is 0 Å². The molecule has 0 bridgehead atoms. The van der Waals surface area contributed by atoms with Gasteiger partial charge in [0, 0.05) is 17.4 Å². The van der Waals surface area contributed by atoms with Crippen LogP contribution in [0.4, 0.5) is 11.5 Å². The minimum Gasteiger partial charge on any atom is -0.393 e. The summed E-state index contributed by atoms with van der Waals surface area (Å²) in [5.74, 6) is 0.165. The van der Waals surface area contributed by atoms with Gasteiger partial charge in [-0.25, -0.2) is 8.42 Å². The van der Waals surface area contributed by atoms with E-state index in [1.54, 1.807) is 12.3 Å². The molecular weight excluding hydrogens is 456 g/mol. The molecule has 0 radical (unpaired) electrons. The first-order chi connectivity index (χ1) is 16.3. The van der Waals surface area contributed by atoms with E-state index in [-0.39, 0.29) is 39.6 Å². The molecule has 2 aliphatic carbocycles. The van der Waals surface area contributed by atoms with E-state index in [9.17, 15) is 23.4 Å². The topological polar surface area (TPSA) is 137 Å². The quantitative estimate of drug-likeness (QED) is 0.447. The average molecular weight is 485 g/mol. The maximum absolute atomic E-state index is 12.8. The summed E-state index contributed by atoms with van der Waals surface area (Å²) in [6.07, 6.45) is 8.72. The molecule has 2 fully saturated rings. The molecule has 3 aliphatic rings. The maximum Gasteiger partial charge on any atom is 0.261 e. The summed E-state index contributed by atoms with van der Waals surface area (Å²) in [6, 6.07) is 6.70. The van der Waals surface area contributed by atoms with Crippen LogP contribution in [0.5, 0.6) is 0 Å². The van der Waals surface area contributed by atoms with Crippen LogP contribution >= 0.6 is 0 Å². The van der Waals surface area contributed by atoms with Crippen molar-refractivity contribution in [3.63, 3.8) is 0 Å². The van der Waals surface area contributed by atoms with Crippen molar-refractivity contribution in [1.29, 1.82) is 0 Å². The van der Waals surface area contributed by atoms with Crippen LogP contribution in [0.1, 0.15) is 56.6 Å². The van der Waals surface area contributed by atoms with E-state index in [2.05, 4.69) is 10.3 Å². The summed E-state index contributed by atoms with van der Waals surface area (Å²) in [5.41, 5.74) is -0.205. The Morgan fingerprint density at radius 3 is 2.74 bits per heavy atom. The molecule has 1 aromatic carbocycles. The number of anilines is 2. The zero-order valence-electron chi connectivity index (χ0n) is 18.7. The van der Waals surface area contributed by atoms with Crippen LogP contribution in [0.25, 0.3) is 10.9 Å². The fourth-order valence-corrected chi connectivity index (χ4v) is 7.67. The lowest BCUT2D eigenvalue weighted by Crippen LogP contribution is -2.38. The molecule has 2 saturated carbocycles. The van der Waals surface area contributed by atoms with E-state index in [0.29, 0.717) is 16.9 Å². The van der Waals surface area contributed by atoms with Crippen LogP contribution in [0.15, 0.2) is 40.2 Å². The first-order valence-electron chi connectivity index (χ1n) is 11.8. The number of H-pyrrole nitrogens is 1. The third-order valence-electron chi connectivity index (χ3n) is 8.05. The number of aromatic amines is 1. The van der Waals surface area contributed by atoms with Crippen LogP contribution in [0.2, 0.25) is 0 Å². The van der Waals surface area contributed by atoms with Crippen molar-refractivity contribution in [2.75, 3.05) is 17.7 Å². The molecule has 2 aromatic heterocycles. The maximum atomic E-state index is 12.8. The van der Waals surface area contributed by atoms with E-state index in [1.165, 1.54) is 44.2 Å². The summed E-state index contributed by atoms with van der Waals surface area (Å²) in [7, 11) is -3.54. The van der Waals surface area contributed by atoms with Crippen LogP contribution < -0.4 is 10.9 Å². The largest absolute Gasteiger partial charge is 0.393 e. The monoisotopic (exact) mass is 484 g/mol. The molecule has 180 valence electrons. The van der Waals surface area contributed by atoms with Gasteiger partial charge >= 0.3 is 0 Å². The minimum atomic E-state index is -3.54. The van der Waals surface area contributed by atoms with Gasteiger partial charge in [-0.15, -0.1) is 0 Å². The van der Waals surface area contributed by atoms with Crippen molar-refractivity contribution in [2.24, 2.45) is 5.41 Å². The van der Waals surface area contributed by atoms with Gasteiger partial charge in [0.05, 0.1) is 28.8 Å². The Bertz CT molecular complexity index is 1450. The molecule has 1 aliphatic heterocycles. The zero-order valence-corrected chi connectivity index (χ0v) is 19.6. The molecule has 10 heteroatoms. The van der Waals surface area contributed by atoms with E-state index >= 15 is 0 Å². The highest BCUT2D eigenvalue weighted by molar-refractivity contribution is 7.91. The van der Waals surface area contributed by atoms with Crippen molar-refractivity contribution in [3.8, 4) is 0 Å². The van der Waals surface area contributed by atoms with Crippen LogP contribution in [0, 0.1) is 5.41 Å². The molecule has 2 atom stereocenters. The van der Waals surface area contributed by atoms with E-state index < -0.39 is 22.0 Å². The number of hydrogen-bond acceptors (Lipinski definition) is 7. The number of rotatable bonds is 4. The van der Waals surface area contributed by atoms with Crippen molar-refractivity contribution in [2.45, 2.75) is 61.5 Å². The van der Waals surface area contributed by atoms with Gasteiger partial charge in [-0.2, -0.15) is 5.10 Å². The number of nitrogens with one attached hydrogen (secondary N) is 2. The molecule has 0 saturated heterocycles. The fourth-order valence-electron chi connectivity index (χ4n) is 5.98. The number of fused-ring (bicyclic) bond motifs is 2. The normalized spacial score (nSPS) is 26.9. The number of sulfone groups is 1. The van der Waals surface area contributed by atoms with Crippen molar-refractivity contribution in [3.05, 3.63) is 46.4 Å². The number of benzene rings is 1. The number of nitrogens with zero attached hydrogens (tertiary/aromatic N) is 2. The minimum absolute atomic E-state index is 0.0197. The standard InChI is InChI=1S/C24H28N4O5S/c29-14-24(31)9-11-34(32,33)18-5-4-15(12-16(18)24)26-21-20-17(6-10-25-22(20)30)28(27-21)19-13-23(19)7-2-1-3-8-23/h4-6,10,12,19,29,31H,1-3,7-9,11,13-14H2,(H,25,30)(H,26,27)/t19-,24?/m0/s1. The molecule has 3 aromatic rings. The Hall–Kier alpha value is -2.69. The molecule has 4 N–H and O–H groups in total. The summed E-state index contributed by atoms with van der Waals surface area (Å²) in [4.78, 5) is 15.5. The Morgan fingerprint density at radius 2 is 1.97 bits per heavy atom. The van der Waals surface area contributed by atoms with Crippen LogP contribution in [-0.2, 0) is 15.4 Å². The van der Waals surface area contributed by atoms with Gasteiger partial charge in [0.25, 0.3) is 5.56 Å². The Balaban J connectivity index is 1.42. The van der Waals surface area contributed by atoms with Gasteiger partial charge in [0.1, 0.15) is 11.0 Å². The van der Waals surface area contributed by atoms with Crippen molar-refractivity contribution >= 4 is 32.2 Å². The number of aromatic nitrogens is 3. The van der Waals surface area contributed by atoms with Crippen molar-refractivity contribution in [1.82, 2.24) is 14.8 Å². The first kappa shape index (κ1) is 21.8. The SMILES string of the molecule is O=c1[nH]ccc2c1c(Nc1ccc3c(c1)C(O)(CO)CCS3(=O)=O)nn2[C@H]1CC12CCCCC2. The van der Waals surface area contributed by atoms with E-state index in [0.717, 1.165) is 11.9 Å². The van der Waals surface area contributed by atoms with Gasteiger partial charge in [0.2, 0.25) is 0 Å². The Labute approximate surface area is 196 Å². The molecule has 1 spiro atoms. The predicted octanol–water partition coefficient (Wildman–Crippen LogP) is 2.72. The fraction of sp³-hybridized carbons (Fsp3) is 0.500. The van der Waals surface area contributed by atoms with Gasteiger partial charge in [-0.05, 0) is 55.4 Å². The smallest absolute Gasteiger partial charge is 0.261 e. The average Bonchev–Trinajstić information content (AvgIpc) is 3.37. The lowest BCUT2D eigenvalue weighted by atomic mass is 9.86. The highest BCUT2D eigenvalue weighted by Crippen LogP contribution is 2.64. The van der Waals surface area contributed by atoms with Gasteiger partial charge in [0.15, 0.2) is 15.7 Å². The summed E-state index contributed by atoms with van der Waals surface area (Å²) in [6.45, 7) is -0.583. The van der Waals surface area contributed by atoms with Gasteiger partial charge in [-0.3, -0.25) is 9.48 Å². The number of aliphatic hydroxyl groups excluding tert-OH is 1. The highest BCUT2D eigenvalue weighted by Gasteiger charge is 2.56. The lowest BCUT2D eigenvalue weighted by Gasteiger charge is -2.32. The third-order valence-corrected chi connectivity index (χ3v) is 9.81. The molecular formula is C24H28N4O5S. The zero-order chi connectivity index (χ0) is 23.7. The predicted molar refractivity (Wildman–Crippen MR) is 127 cm³/mol. The number of aliphatic hydroxyl groups is 2. The van der Waals surface area contributed by atoms with Crippen LogP contribution in [-0.4, -0.2) is 45.8 Å².